The van der Waals surface area contributed by atoms with E-state index in [-0.39, 0.29) is 17.5 Å². The monoisotopic (exact) mass is 444 g/mol. The van der Waals surface area contributed by atoms with Gasteiger partial charge in [0.15, 0.2) is 5.82 Å². The number of nitrogens with zero attached hydrogens (tertiary/aromatic N) is 2. The molecule has 2 heterocycles. The highest BCUT2D eigenvalue weighted by molar-refractivity contribution is 5.94. The molecule has 2 N–H and O–H groups in total. The summed E-state index contributed by atoms with van der Waals surface area (Å²) in [5.41, 5.74) is 1.29. The highest BCUT2D eigenvalue weighted by Crippen LogP contribution is 2.29. The molecule has 0 bridgehead atoms. The average Bonchev–Trinajstić information content (AvgIpc) is 3.29. The highest BCUT2D eigenvalue weighted by Gasteiger charge is 2.30. The van der Waals surface area contributed by atoms with Crippen molar-refractivity contribution in [3.63, 3.8) is 0 Å². The Morgan fingerprint density at radius 3 is 2.53 bits per heavy atom. The average molecular weight is 444 g/mol. The molecule has 168 valence electrons. The lowest BCUT2D eigenvalue weighted by molar-refractivity contribution is -0.137. The fraction of sp³-hybridized carbons (Fsp3) is 0.304. The third kappa shape index (κ3) is 4.87. The number of aromatic amines is 1. The first-order valence-electron chi connectivity index (χ1n) is 10.3. The predicted octanol–water partition coefficient (Wildman–Crippen LogP) is 4.50. The maximum absolute atomic E-state index is 12.7. The Bertz CT molecular complexity index is 1060. The van der Waals surface area contributed by atoms with Gasteiger partial charge in [0.2, 0.25) is 0 Å². The number of methoxy groups -OCH3 is 1. The molecule has 1 aliphatic rings. The zero-order valence-corrected chi connectivity index (χ0v) is 17.4. The van der Waals surface area contributed by atoms with Crippen molar-refractivity contribution in [3.05, 3.63) is 65.7 Å². The van der Waals surface area contributed by atoms with Gasteiger partial charge >= 0.3 is 6.18 Å². The van der Waals surface area contributed by atoms with E-state index in [0.29, 0.717) is 6.54 Å². The van der Waals surface area contributed by atoms with E-state index in [1.165, 1.54) is 12.1 Å². The lowest BCUT2D eigenvalue weighted by Crippen LogP contribution is -2.48. The first-order valence-corrected chi connectivity index (χ1v) is 10.3. The van der Waals surface area contributed by atoms with E-state index < -0.39 is 11.7 Å². The molecule has 1 atom stereocenters. The van der Waals surface area contributed by atoms with Crippen LogP contribution in [0.15, 0.2) is 54.6 Å². The van der Waals surface area contributed by atoms with Gasteiger partial charge in [-0.1, -0.05) is 0 Å². The molecule has 4 rings (SSSR count). The van der Waals surface area contributed by atoms with Crippen LogP contribution < -0.4 is 15.0 Å². The fourth-order valence-electron chi connectivity index (χ4n) is 3.77. The zero-order valence-electron chi connectivity index (χ0n) is 17.4. The van der Waals surface area contributed by atoms with Crippen LogP contribution in [0.3, 0.4) is 0 Å². The molecule has 3 aromatic rings. The van der Waals surface area contributed by atoms with Gasteiger partial charge in [-0.15, -0.1) is 0 Å². The van der Waals surface area contributed by atoms with Crippen molar-refractivity contribution in [2.75, 3.05) is 25.1 Å². The third-order valence-electron chi connectivity index (χ3n) is 5.52. The number of carbonyl (C=O) groups is 1. The Labute approximate surface area is 183 Å². The van der Waals surface area contributed by atoms with Gasteiger partial charge in [-0.2, -0.15) is 18.3 Å². The molecular weight excluding hydrogens is 421 g/mol. The molecular formula is C23H23F3N4O2. The van der Waals surface area contributed by atoms with Crippen molar-refractivity contribution in [2.24, 2.45) is 0 Å². The number of benzene rings is 2. The van der Waals surface area contributed by atoms with E-state index in [2.05, 4.69) is 20.4 Å². The lowest BCUT2D eigenvalue weighted by Gasteiger charge is -2.33. The van der Waals surface area contributed by atoms with E-state index in [1.54, 1.807) is 7.11 Å². The molecule has 0 saturated carbocycles. The summed E-state index contributed by atoms with van der Waals surface area (Å²) in [7, 11) is 1.62. The third-order valence-corrected chi connectivity index (χ3v) is 5.52. The molecule has 1 unspecified atom stereocenters. The van der Waals surface area contributed by atoms with Crippen LogP contribution in [-0.2, 0) is 6.18 Å². The Hall–Kier alpha value is -3.49. The number of nitrogens with one attached hydrogen (secondary N) is 2. The number of piperidine rings is 1. The molecule has 1 fully saturated rings. The van der Waals surface area contributed by atoms with Crippen molar-refractivity contribution >= 4 is 11.7 Å². The van der Waals surface area contributed by atoms with Gasteiger partial charge in [0.1, 0.15) is 5.75 Å². The van der Waals surface area contributed by atoms with Crippen molar-refractivity contribution in [3.8, 4) is 17.0 Å². The summed E-state index contributed by atoms with van der Waals surface area (Å²) in [6, 6.07) is 13.7. The highest BCUT2D eigenvalue weighted by atomic mass is 19.4. The van der Waals surface area contributed by atoms with Crippen molar-refractivity contribution in [2.45, 2.75) is 25.1 Å². The number of H-pyrrole nitrogens is 1. The number of alkyl halides is 3. The summed E-state index contributed by atoms with van der Waals surface area (Å²) in [5.74, 6) is 1.17. The van der Waals surface area contributed by atoms with Crippen LogP contribution in [0, 0.1) is 0 Å². The SMILES string of the molecule is COc1ccc(-c2cc(N3CCCC(NC(=O)c4ccc(C(F)(F)F)cc4)C3)n[nH]2)cc1. The normalized spacial score (nSPS) is 16.6. The van der Waals surface area contributed by atoms with Gasteiger partial charge in [0.25, 0.3) is 5.91 Å². The number of hydrogen-bond donors (Lipinski definition) is 2. The van der Waals surface area contributed by atoms with E-state index in [4.69, 9.17) is 4.74 Å². The number of ether oxygens (including phenoxy) is 1. The van der Waals surface area contributed by atoms with E-state index in [1.807, 2.05) is 30.3 Å². The molecule has 1 aliphatic heterocycles. The predicted molar refractivity (Wildman–Crippen MR) is 115 cm³/mol. The van der Waals surface area contributed by atoms with Crippen LogP contribution in [0.5, 0.6) is 5.75 Å². The van der Waals surface area contributed by atoms with Gasteiger partial charge in [-0.05, 0) is 66.9 Å². The first kappa shape index (κ1) is 21.7. The Kier molecular flexibility index (Phi) is 6.07. The minimum Gasteiger partial charge on any atom is -0.497 e. The number of anilines is 1. The molecule has 0 radical (unpaired) electrons. The topological polar surface area (TPSA) is 70.2 Å². The van der Waals surface area contributed by atoms with Crippen LogP contribution in [0.1, 0.15) is 28.8 Å². The Morgan fingerprint density at radius 2 is 1.88 bits per heavy atom. The molecule has 0 spiro atoms. The number of hydrogen-bond acceptors (Lipinski definition) is 4. The lowest BCUT2D eigenvalue weighted by atomic mass is 10.0. The van der Waals surface area contributed by atoms with E-state index >= 15 is 0 Å². The van der Waals surface area contributed by atoms with Gasteiger partial charge in [0, 0.05) is 30.8 Å². The van der Waals surface area contributed by atoms with Crippen LogP contribution >= 0.6 is 0 Å². The number of aromatic nitrogens is 2. The second-order valence-corrected chi connectivity index (χ2v) is 7.70. The molecule has 1 amide bonds. The number of amides is 1. The van der Waals surface area contributed by atoms with Gasteiger partial charge < -0.3 is 15.0 Å². The molecule has 9 heteroatoms. The summed E-state index contributed by atoms with van der Waals surface area (Å²) in [5, 5.41) is 10.4. The second-order valence-electron chi connectivity index (χ2n) is 7.70. The van der Waals surface area contributed by atoms with Gasteiger partial charge in [-0.25, -0.2) is 0 Å². The van der Waals surface area contributed by atoms with Crippen molar-refractivity contribution in [1.29, 1.82) is 0 Å². The Morgan fingerprint density at radius 1 is 1.16 bits per heavy atom. The minimum atomic E-state index is -4.42. The number of rotatable bonds is 5. The number of carbonyl (C=O) groups excluding carboxylic acids is 1. The molecule has 32 heavy (non-hydrogen) atoms. The van der Waals surface area contributed by atoms with E-state index in [0.717, 1.165) is 54.3 Å². The molecule has 1 saturated heterocycles. The summed E-state index contributed by atoms with van der Waals surface area (Å²) in [6.45, 7) is 1.37. The zero-order chi connectivity index (χ0) is 22.7. The summed E-state index contributed by atoms with van der Waals surface area (Å²) < 4.78 is 43.3. The molecule has 1 aromatic heterocycles. The molecule has 0 aliphatic carbocycles. The Balaban J connectivity index is 1.39. The quantitative estimate of drug-likeness (QED) is 0.608. The first-order chi connectivity index (χ1) is 15.3. The maximum Gasteiger partial charge on any atom is 0.416 e. The van der Waals surface area contributed by atoms with Crippen molar-refractivity contribution in [1.82, 2.24) is 15.5 Å². The maximum atomic E-state index is 12.7. The summed E-state index contributed by atoms with van der Waals surface area (Å²) >= 11 is 0. The molecule has 6 nitrogen and oxygen atoms in total. The minimum absolute atomic E-state index is 0.125. The standard InChI is InChI=1S/C23H23F3N4O2/c1-32-19-10-6-15(7-11-19)20-13-21(29-28-20)30-12-2-3-18(14-30)27-22(31)16-4-8-17(9-5-16)23(24,25)26/h4-11,13,18H,2-3,12,14H2,1H3,(H,27,31)(H,28,29). The second kappa shape index (κ2) is 8.94. The van der Waals surface area contributed by atoms with Crippen molar-refractivity contribution < 1.29 is 22.7 Å². The summed E-state index contributed by atoms with van der Waals surface area (Å²) in [6.07, 6.45) is -2.77. The largest absolute Gasteiger partial charge is 0.497 e. The summed E-state index contributed by atoms with van der Waals surface area (Å²) in [4.78, 5) is 14.6. The van der Waals surface area contributed by atoms with Gasteiger partial charge in [0.05, 0.1) is 18.4 Å². The fourth-order valence-corrected chi connectivity index (χ4v) is 3.77. The number of halogens is 3. The van der Waals surface area contributed by atoms with E-state index in [9.17, 15) is 18.0 Å². The molecule has 2 aromatic carbocycles. The van der Waals surface area contributed by atoms with Gasteiger partial charge in [-0.3, -0.25) is 9.89 Å². The smallest absolute Gasteiger partial charge is 0.416 e. The van der Waals surface area contributed by atoms with Crippen LogP contribution in [0.25, 0.3) is 11.3 Å². The van der Waals surface area contributed by atoms with Crippen LogP contribution in [-0.4, -0.2) is 42.3 Å². The van der Waals surface area contributed by atoms with Crippen LogP contribution in [0.4, 0.5) is 19.0 Å². The van der Waals surface area contributed by atoms with Crippen LogP contribution in [0.2, 0.25) is 0 Å².